The van der Waals surface area contributed by atoms with E-state index < -0.39 is 9.04 Å². The van der Waals surface area contributed by atoms with Gasteiger partial charge in [0.15, 0.2) is 0 Å². The van der Waals surface area contributed by atoms with Crippen molar-refractivity contribution in [2.24, 2.45) is 11.8 Å². The van der Waals surface area contributed by atoms with Crippen molar-refractivity contribution in [2.75, 3.05) is 0 Å². The van der Waals surface area contributed by atoms with Gasteiger partial charge in [0, 0.05) is 0 Å². The molecule has 0 aliphatic carbocycles. The van der Waals surface area contributed by atoms with Crippen molar-refractivity contribution in [1.82, 2.24) is 0 Å². The molecule has 0 saturated heterocycles. The molecule has 0 saturated carbocycles. The predicted molar refractivity (Wildman–Crippen MR) is 74.8 cm³/mol. The molecule has 0 rings (SSSR count). The smallest absolute Gasteiger partial charge is 0.219 e. The lowest BCUT2D eigenvalue weighted by Gasteiger charge is -2.29. The van der Waals surface area contributed by atoms with Gasteiger partial charge in [0.25, 0.3) is 0 Å². The average Bonchev–Trinajstić information content (AvgIpc) is 2.24. The molecule has 0 aliphatic rings. The summed E-state index contributed by atoms with van der Waals surface area (Å²) in [6.07, 6.45) is 6.15. The van der Waals surface area contributed by atoms with E-state index in [-0.39, 0.29) is 6.10 Å². The second kappa shape index (κ2) is 8.54. The molecule has 0 N–H and O–H groups in total. The molecule has 91 valence electrons. The summed E-state index contributed by atoms with van der Waals surface area (Å²) in [6.45, 7) is 18.0. The van der Waals surface area contributed by atoms with Crippen LogP contribution in [0.5, 0.6) is 0 Å². The molecule has 2 heteroatoms. The van der Waals surface area contributed by atoms with E-state index in [1.165, 1.54) is 0 Å². The highest BCUT2D eigenvalue weighted by molar-refractivity contribution is 6.53. The lowest BCUT2D eigenvalue weighted by atomic mass is 9.95. The lowest BCUT2D eigenvalue weighted by Crippen LogP contribution is -2.33. The molecule has 0 heterocycles. The lowest BCUT2D eigenvalue weighted by molar-refractivity contribution is 0.115. The Hall–Kier alpha value is -0.603. The summed E-state index contributed by atoms with van der Waals surface area (Å²) in [5.74, 6) is 0.914. The van der Waals surface area contributed by atoms with E-state index in [1.54, 1.807) is 0 Å². The first-order chi connectivity index (χ1) is 7.56. The molecule has 0 amide bonds. The van der Waals surface area contributed by atoms with Crippen LogP contribution in [0.3, 0.4) is 0 Å². The molecule has 0 aromatic rings. The van der Waals surface area contributed by atoms with E-state index in [4.69, 9.17) is 4.43 Å². The Kier molecular flexibility index (Phi) is 8.22. The molecule has 0 aliphatic heterocycles. The van der Waals surface area contributed by atoms with Crippen LogP contribution in [0.15, 0.2) is 38.0 Å². The maximum Gasteiger partial charge on any atom is 0.219 e. The molecule has 0 unspecified atom stereocenters. The fourth-order valence-corrected chi connectivity index (χ4v) is 3.55. The highest BCUT2D eigenvalue weighted by atomic mass is 28.3. The summed E-state index contributed by atoms with van der Waals surface area (Å²) in [5, 5.41) is 0. The van der Waals surface area contributed by atoms with E-state index in [1.807, 2.05) is 18.2 Å². The second-order valence-electron chi connectivity index (χ2n) is 4.45. The van der Waals surface area contributed by atoms with Crippen LogP contribution in [-0.2, 0) is 4.43 Å². The van der Waals surface area contributed by atoms with Gasteiger partial charge in [-0.2, -0.15) is 0 Å². The van der Waals surface area contributed by atoms with E-state index in [0.717, 1.165) is 12.1 Å². The minimum absolute atomic E-state index is 0.270. The maximum absolute atomic E-state index is 6.23. The molecule has 0 spiro atoms. The second-order valence-corrected chi connectivity index (χ2v) is 6.58. The number of hydrogen-bond donors (Lipinski definition) is 0. The molecule has 0 aromatic heterocycles. The molecule has 0 fully saturated rings. The van der Waals surface area contributed by atoms with Gasteiger partial charge in [0.2, 0.25) is 9.04 Å². The van der Waals surface area contributed by atoms with Crippen LogP contribution in [0.25, 0.3) is 0 Å². The summed E-state index contributed by atoms with van der Waals surface area (Å²) < 4.78 is 6.23. The number of allylic oxidation sites excluding steroid dienone is 2. The highest BCUT2D eigenvalue weighted by Gasteiger charge is 2.23. The van der Waals surface area contributed by atoms with Gasteiger partial charge in [-0.25, -0.2) is 0 Å². The summed E-state index contributed by atoms with van der Waals surface area (Å²) in [5.41, 5.74) is 0. The minimum Gasteiger partial charge on any atom is -0.412 e. The van der Waals surface area contributed by atoms with Crippen LogP contribution in [0.1, 0.15) is 20.8 Å². The summed E-state index contributed by atoms with van der Waals surface area (Å²) in [7, 11) is -0.828. The molecular weight excluding hydrogens is 212 g/mol. The zero-order valence-corrected chi connectivity index (χ0v) is 11.9. The number of rotatable bonds is 9. The first-order valence-corrected chi connectivity index (χ1v) is 7.74. The minimum atomic E-state index is -0.828. The quantitative estimate of drug-likeness (QED) is 0.431. The van der Waals surface area contributed by atoms with Gasteiger partial charge in [0.05, 0.1) is 6.10 Å². The van der Waals surface area contributed by atoms with Gasteiger partial charge in [0.1, 0.15) is 0 Å². The Morgan fingerprint density at radius 3 is 1.88 bits per heavy atom. The van der Waals surface area contributed by atoms with Crippen molar-refractivity contribution >= 4 is 9.04 Å². The van der Waals surface area contributed by atoms with Crippen LogP contribution < -0.4 is 0 Å². The Morgan fingerprint density at radius 1 is 1.06 bits per heavy atom. The van der Waals surface area contributed by atoms with Crippen molar-refractivity contribution in [3.8, 4) is 0 Å². The largest absolute Gasteiger partial charge is 0.412 e. The van der Waals surface area contributed by atoms with Crippen molar-refractivity contribution in [3.05, 3.63) is 38.0 Å². The first kappa shape index (κ1) is 15.4. The van der Waals surface area contributed by atoms with Gasteiger partial charge >= 0.3 is 0 Å². The highest BCUT2D eigenvalue weighted by Crippen LogP contribution is 2.20. The molecule has 1 nitrogen and oxygen atoms in total. The van der Waals surface area contributed by atoms with Crippen LogP contribution in [0, 0.1) is 11.8 Å². The van der Waals surface area contributed by atoms with Crippen molar-refractivity contribution in [2.45, 2.75) is 39.0 Å². The SMILES string of the molecule is C=CC[Si](CC=C)O[C@H](C(C)C)[C@@H](C)C=C. The maximum atomic E-state index is 6.23. The van der Waals surface area contributed by atoms with Crippen LogP contribution in [0.4, 0.5) is 0 Å². The molecule has 1 radical (unpaired) electrons. The standard InChI is InChI=1S/C14H25OSi/c1-7-10-16(11-8-2)15-14(12(4)5)13(6)9-3/h7-9,12-14H,1-3,10-11H2,4-6H3/t13-,14+/m0/s1. The van der Waals surface area contributed by atoms with Gasteiger partial charge in [-0.3, -0.25) is 0 Å². The van der Waals surface area contributed by atoms with Crippen molar-refractivity contribution in [1.29, 1.82) is 0 Å². The molecule has 0 aromatic carbocycles. The molecular formula is C14H25OSi. The number of hydrogen-bond acceptors (Lipinski definition) is 1. The van der Waals surface area contributed by atoms with Gasteiger partial charge in [-0.05, 0) is 23.9 Å². The topological polar surface area (TPSA) is 9.23 Å². The van der Waals surface area contributed by atoms with E-state index in [9.17, 15) is 0 Å². The van der Waals surface area contributed by atoms with Gasteiger partial charge in [-0.1, -0.05) is 39.0 Å². The Bertz CT molecular complexity index is 213. The average molecular weight is 237 g/mol. The van der Waals surface area contributed by atoms with Crippen LogP contribution in [-0.4, -0.2) is 15.1 Å². The normalized spacial score (nSPS) is 14.8. The molecule has 2 atom stereocenters. The van der Waals surface area contributed by atoms with Gasteiger partial charge < -0.3 is 4.43 Å². The third kappa shape index (κ3) is 5.47. The monoisotopic (exact) mass is 237 g/mol. The van der Waals surface area contributed by atoms with Crippen LogP contribution >= 0.6 is 0 Å². The zero-order valence-electron chi connectivity index (χ0n) is 10.9. The van der Waals surface area contributed by atoms with E-state index >= 15 is 0 Å². The fourth-order valence-electron chi connectivity index (χ4n) is 1.68. The predicted octanol–water partition coefficient (Wildman–Crippen LogP) is 4.21. The van der Waals surface area contributed by atoms with E-state index in [0.29, 0.717) is 11.8 Å². The van der Waals surface area contributed by atoms with Gasteiger partial charge in [-0.15, -0.1) is 19.7 Å². The summed E-state index contributed by atoms with van der Waals surface area (Å²) in [6, 6.07) is 1.95. The van der Waals surface area contributed by atoms with Crippen molar-refractivity contribution in [3.63, 3.8) is 0 Å². The van der Waals surface area contributed by atoms with E-state index in [2.05, 4.69) is 40.5 Å². The Morgan fingerprint density at radius 2 is 1.56 bits per heavy atom. The fraction of sp³-hybridized carbons (Fsp3) is 0.571. The summed E-state index contributed by atoms with van der Waals surface area (Å²) in [4.78, 5) is 0. The Labute approximate surface area is 103 Å². The first-order valence-electron chi connectivity index (χ1n) is 5.92. The molecule has 0 bridgehead atoms. The summed E-state index contributed by atoms with van der Waals surface area (Å²) >= 11 is 0. The Balaban J connectivity index is 4.48. The molecule has 16 heavy (non-hydrogen) atoms. The van der Waals surface area contributed by atoms with Crippen molar-refractivity contribution < 1.29 is 4.43 Å². The third-order valence-corrected chi connectivity index (χ3v) is 4.69. The van der Waals surface area contributed by atoms with Crippen LogP contribution in [0.2, 0.25) is 12.1 Å². The zero-order chi connectivity index (χ0) is 12.6. The third-order valence-electron chi connectivity index (χ3n) is 2.59.